The molecule has 4 nitrogen and oxygen atoms in total. The molecule has 5 heteroatoms. The van der Waals surface area contributed by atoms with E-state index in [0.29, 0.717) is 32.5 Å². The van der Waals surface area contributed by atoms with Crippen molar-refractivity contribution in [3.63, 3.8) is 0 Å². The molecule has 0 spiro atoms. The number of nitrogens with zero attached hydrogens (tertiary/aromatic N) is 1. The summed E-state index contributed by atoms with van der Waals surface area (Å²) in [5.41, 5.74) is 1.20. The molecule has 0 N–H and O–H groups in total. The number of pyridine rings is 1. The molecule has 0 atom stereocenters. The van der Waals surface area contributed by atoms with Crippen molar-refractivity contribution in [1.29, 1.82) is 0 Å². The monoisotopic (exact) mass is 397 g/mol. The minimum atomic E-state index is -0.354. The Morgan fingerprint density at radius 3 is 2.03 bits per heavy atom. The predicted octanol–water partition coefficient (Wildman–Crippen LogP) is 5.49. The van der Waals surface area contributed by atoms with Crippen LogP contribution in [0, 0.1) is 0 Å². The van der Waals surface area contributed by atoms with Gasteiger partial charge in [0.25, 0.3) is 11.1 Å². The summed E-state index contributed by atoms with van der Waals surface area (Å²) < 4.78 is 7.27. The van der Waals surface area contributed by atoms with Gasteiger partial charge >= 0.3 is 0 Å². The van der Waals surface area contributed by atoms with Gasteiger partial charge in [-0.05, 0) is 53.9 Å². The fourth-order valence-electron chi connectivity index (χ4n) is 4.18. The quantitative estimate of drug-likeness (QED) is 0.272. The lowest BCUT2D eigenvalue weighted by atomic mass is 9.96. The molecule has 0 unspecified atom stereocenters. The number of hydrogen-bond donors (Lipinski definition) is 0. The molecule has 0 saturated heterocycles. The van der Waals surface area contributed by atoms with Gasteiger partial charge in [-0.25, -0.2) is 4.57 Å². The van der Waals surface area contributed by atoms with Crippen LogP contribution in [0.1, 0.15) is 0 Å². The van der Waals surface area contributed by atoms with E-state index in [2.05, 4.69) is 0 Å². The first kappa shape index (κ1) is 16.3. The average Bonchev–Trinajstić information content (AvgIpc) is 2.74. The molecule has 2 heterocycles. The lowest BCUT2D eigenvalue weighted by Gasteiger charge is -2.13. The van der Waals surface area contributed by atoms with E-state index in [-0.39, 0.29) is 11.1 Å². The molecule has 0 aliphatic heterocycles. The van der Waals surface area contributed by atoms with E-state index in [4.69, 9.17) is 16.0 Å². The maximum Gasteiger partial charge on any atom is 0.265 e. The molecule has 0 aliphatic carbocycles. The number of aromatic nitrogens is 1. The fraction of sp³-hybridized carbons (Fsp3) is 0. The molecule has 4 aromatic carbocycles. The van der Waals surface area contributed by atoms with E-state index in [9.17, 15) is 9.59 Å². The largest absolute Gasteiger partial charge is 0.456 e. The molecular weight excluding hydrogens is 386 g/mol. The topological polar surface area (TPSA) is 52.2 Å². The van der Waals surface area contributed by atoms with Gasteiger partial charge in [-0.1, -0.05) is 35.9 Å². The van der Waals surface area contributed by atoms with Crippen LogP contribution >= 0.6 is 11.6 Å². The molecule has 0 radical (unpaired) electrons. The van der Waals surface area contributed by atoms with Crippen molar-refractivity contribution in [3.05, 3.63) is 98.5 Å². The van der Waals surface area contributed by atoms with E-state index < -0.39 is 0 Å². The highest BCUT2D eigenvalue weighted by Crippen LogP contribution is 2.36. The highest BCUT2D eigenvalue weighted by Gasteiger charge is 2.19. The third-order valence-corrected chi connectivity index (χ3v) is 5.72. The van der Waals surface area contributed by atoms with Crippen molar-refractivity contribution >= 4 is 55.1 Å². The molecule has 29 heavy (non-hydrogen) atoms. The Bertz CT molecular complexity index is 1660. The highest BCUT2D eigenvalue weighted by atomic mass is 35.5. The summed E-state index contributed by atoms with van der Waals surface area (Å²) >= 11 is 5.97. The smallest absolute Gasteiger partial charge is 0.265 e. The van der Waals surface area contributed by atoms with Crippen molar-refractivity contribution in [2.24, 2.45) is 0 Å². The summed E-state index contributed by atoms with van der Waals surface area (Å²) in [7, 11) is 0. The van der Waals surface area contributed by atoms with Crippen LogP contribution in [0.4, 0.5) is 0 Å². The summed E-state index contributed by atoms with van der Waals surface area (Å²) in [5.74, 6) is 0. The highest BCUT2D eigenvalue weighted by molar-refractivity contribution is 6.30. The lowest BCUT2D eigenvalue weighted by molar-refractivity contribution is 0.662. The third kappa shape index (κ3) is 2.15. The van der Waals surface area contributed by atoms with Crippen LogP contribution in [0.3, 0.4) is 0 Å². The van der Waals surface area contributed by atoms with Crippen LogP contribution in [0.5, 0.6) is 0 Å². The van der Waals surface area contributed by atoms with Crippen molar-refractivity contribution in [2.45, 2.75) is 0 Å². The van der Waals surface area contributed by atoms with Crippen molar-refractivity contribution in [1.82, 2.24) is 4.57 Å². The molecule has 0 bridgehead atoms. The SMILES string of the molecule is O=c1c2ccc3oc4ccccc4c4ccc(c(=O)n1-c1ccc(Cl)cc1)c2c34. The van der Waals surface area contributed by atoms with E-state index in [1.54, 1.807) is 42.5 Å². The van der Waals surface area contributed by atoms with Gasteiger partial charge in [-0.3, -0.25) is 9.59 Å². The molecule has 138 valence electrons. The van der Waals surface area contributed by atoms with Gasteiger partial charge in [0.05, 0.1) is 5.69 Å². The summed E-state index contributed by atoms with van der Waals surface area (Å²) in [6.45, 7) is 0. The zero-order chi connectivity index (χ0) is 19.7. The maximum absolute atomic E-state index is 13.3. The van der Waals surface area contributed by atoms with Gasteiger partial charge in [-0.2, -0.15) is 0 Å². The van der Waals surface area contributed by atoms with E-state index in [0.717, 1.165) is 21.7 Å². The van der Waals surface area contributed by atoms with Crippen LogP contribution in [-0.4, -0.2) is 4.57 Å². The first-order valence-electron chi connectivity index (χ1n) is 9.15. The minimum Gasteiger partial charge on any atom is -0.456 e. The molecule has 2 aromatic heterocycles. The van der Waals surface area contributed by atoms with Gasteiger partial charge < -0.3 is 4.42 Å². The molecule has 0 saturated carbocycles. The fourth-order valence-corrected chi connectivity index (χ4v) is 4.31. The molecular formula is C24H12ClNO3. The summed E-state index contributed by atoms with van der Waals surface area (Å²) in [5, 5.41) is 4.87. The molecule has 0 fully saturated rings. The first-order chi connectivity index (χ1) is 14.1. The van der Waals surface area contributed by atoms with Crippen molar-refractivity contribution in [3.8, 4) is 5.69 Å². The van der Waals surface area contributed by atoms with Crippen LogP contribution in [0.2, 0.25) is 5.02 Å². The normalized spacial score (nSPS) is 11.9. The van der Waals surface area contributed by atoms with E-state index in [1.165, 1.54) is 4.57 Å². The Morgan fingerprint density at radius 2 is 1.28 bits per heavy atom. The Hall–Kier alpha value is -3.63. The summed E-state index contributed by atoms with van der Waals surface area (Å²) in [4.78, 5) is 26.6. The van der Waals surface area contributed by atoms with Crippen LogP contribution < -0.4 is 11.1 Å². The maximum atomic E-state index is 13.3. The van der Waals surface area contributed by atoms with Crippen LogP contribution in [-0.2, 0) is 0 Å². The Balaban J connectivity index is 1.86. The van der Waals surface area contributed by atoms with Crippen molar-refractivity contribution in [2.75, 3.05) is 0 Å². The number of fused-ring (bicyclic) bond motifs is 2. The molecule has 6 aromatic rings. The molecule has 0 aliphatic rings. The number of hydrogen-bond acceptors (Lipinski definition) is 3. The number of para-hydroxylation sites is 1. The van der Waals surface area contributed by atoms with Crippen LogP contribution in [0.15, 0.2) is 86.8 Å². The second-order valence-corrected chi connectivity index (χ2v) is 7.48. The van der Waals surface area contributed by atoms with E-state index in [1.807, 2.05) is 30.3 Å². The number of halogens is 1. The van der Waals surface area contributed by atoms with Gasteiger partial charge in [0.15, 0.2) is 0 Å². The Labute approximate surface area is 168 Å². The van der Waals surface area contributed by atoms with Gasteiger partial charge in [0.2, 0.25) is 0 Å². The third-order valence-electron chi connectivity index (χ3n) is 5.47. The molecule has 0 amide bonds. The number of rotatable bonds is 1. The predicted molar refractivity (Wildman–Crippen MR) is 117 cm³/mol. The Morgan fingerprint density at radius 1 is 0.621 bits per heavy atom. The van der Waals surface area contributed by atoms with Gasteiger partial charge in [-0.15, -0.1) is 0 Å². The second-order valence-electron chi connectivity index (χ2n) is 7.04. The number of benzene rings is 4. The van der Waals surface area contributed by atoms with Gasteiger partial charge in [0, 0.05) is 32.0 Å². The van der Waals surface area contributed by atoms with Crippen LogP contribution in [0.25, 0.3) is 49.2 Å². The molecule has 6 rings (SSSR count). The lowest BCUT2D eigenvalue weighted by Crippen LogP contribution is -2.31. The minimum absolute atomic E-state index is 0.354. The standard InChI is InChI=1S/C24H12ClNO3/c25-13-5-7-14(8-6-13)26-23(27)17-10-9-16-15-3-1-2-4-19(15)29-20-12-11-18(24(26)28)21(17)22(16)20/h1-12H. The zero-order valence-corrected chi connectivity index (χ0v) is 15.7. The van der Waals surface area contributed by atoms with E-state index >= 15 is 0 Å². The first-order valence-corrected chi connectivity index (χ1v) is 9.52. The second kappa shape index (κ2) is 5.69. The summed E-state index contributed by atoms with van der Waals surface area (Å²) in [6.07, 6.45) is 0. The summed E-state index contributed by atoms with van der Waals surface area (Å²) in [6, 6.07) is 21.7. The average molecular weight is 398 g/mol. The zero-order valence-electron chi connectivity index (χ0n) is 15.0. The van der Waals surface area contributed by atoms with Crippen molar-refractivity contribution < 1.29 is 4.42 Å². The van der Waals surface area contributed by atoms with Gasteiger partial charge in [0.1, 0.15) is 11.2 Å². The Kier molecular flexibility index (Phi) is 3.20.